The number of nitrogens with one attached hydrogen (secondary N) is 3. The van der Waals surface area contributed by atoms with Gasteiger partial charge in [0.15, 0.2) is 0 Å². The maximum atomic E-state index is 12.4. The fraction of sp³-hybridized carbons (Fsp3) is 0.111. The molecule has 3 rings (SSSR count). The fourth-order valence-corrected chi connectivity index (χ4v) is 2.44. The molecule has 0 radical (unpaired) electrons. The number of aromatic amines is 1. The van der Waals surface area contributed by atoms with Crippen molar-refractivity contribution in [2.45, 2.75) is 13.8 Å². The molecule has 0 saturated carbocycles. The monoisotopic (exact) mass is 307 g/mol. The topological polar surface area (TPSA) is 74.0 Å². The lowest BCUT2D eigenvalue weighted by Gasteiger charge is -2.07. The van der Waals surface area contributed by atoms with Crippen LogP contribution in [0.2, 0.25) is 0 Å². The molecule has 0 unspecified atom stereocenters. The van der Waals surface area contributed by atoms with Gasteiger partial charge in [-0.15, -0.1) is 0 Å². The van der Waals surface area contributed by atoms with Gasteiger partial charge < -0.3 is 15.6 Å². The van der Waals surface area contributed by atoms with Gasteiger partial charge in [-0.25, -0.2) is 0 Å². The predicted molar refractivity (Wildman–Crippen MR) is 91.7 cm³/mol. The molecular formula is C18H17N3O2. The first-order chi connectivity index (χ1) is 11.0. The van der Waals surface area contributed by atoms with E-state index in [-0.39, 0.29) is 11.8 Å². The Hall–Kier alpha value is -3.08. The average molecular weight is 307 g/mol. The smallest absolute Gasteiger partial charge is 0.272 e. The van der Waals surface area contributed by atoms with E-state index in [0.29, 0.717) is 17.1 Å². The number of hydrogen-bond acceptors (Lipinski definition) is 2. The van der Waals surface area contributed by atoms with E-state index in [4.69, 9.17) is 0 Å². The van der Waals surface area contributed by atoms with Crippen LogP contribution in [0.25, 0.3) is 10.9 Å². The summed E-state index contributed by atoms with van der Waals surface area (Å²) in [6, 6.07) is 14.8. The van der Waals surface area contributed by atoms with Crippen molar-refractivity contribution in [1.82, 2.24) is 4.98 Å². The summed E-state index contributed by atoms with van der Waals surface area (Å²) in [5.41, 5.74) is 3.82. The van der Waals surface area contributed by atoms with Crippen molar-refractivity contribution in [1.29, 1.82) is 0 Å². The minimum absolute atomic E-state index is 0.153. The number of fused-ring (bicyclic) bond motifs is 1. The third-order valence-electron chi connectivity index (χ3n) is 3.46. The van der Waals surface area contributed by atoms with E-state index in [1.807, 2.05) is 31.2 Å². The normalized spacial score (nSPS) is 10.5. The molecule has 0 aliphatic carbocycles. The lowest BCUT2D eigenvalue weighted by molar-refractivity contribution is -0.114. The zero-order valence-electron chi connectivity index (χ0n) is 12.9. The Balaban J connectivity index is 1.81. The molecule has 5 nitrogen and oxygen atoms in total. The average Bonchev–Trinajstić information content (AvgIpc) is 2.90. The number of benzene rings is 2. The van der Waals surface area contributed by atoms with Gasteiger partial charge in [-0.1, -0.05) is 18.2 Å². The highest BCUT2D eigenvalue weighted by molar-refractivity contribution is 6.06. The van der Waals surface area contributed by atoms with Crippen LogP contribution in [-0.4, -0.2) is 16.8 Å². The van der Waals surface area contributed by atoms with E-state index < -0.39 is 0 Å². The van der Waals surface area contributed by atoms with Crippen molar-refractivity contribution in [2.24, 2.45) is 0 Å². The summed E-state index contributed by atoms with van der Waals surface area (Å²) in [6.45, 7) is 3.45. The molecule has 23 heavy (non-hydrogen) atoms. The highest BCUT2D eigenvalue weighted by atomic mass is 16.2. The molecule has 3 aromatic rings. The quantitative estimate of drug-likeness (QED) is 0.690. The van der Waals surface area contributed by atoms with Crippen LogP contribution < -0.4 is 10.6 Å². The van der Waals surface area contributed by atoms with Crippen molar-refractivity contribution in [3.8, 4) is 0 Å². The number of anilines is 2. The Bertz CT molecular complexity index is 896. The molecule has 2 amide bonds. The van der Waals surface area contributed by atoms with Gasteiger partial charge in [-0.05, 0) is 42.8 Å². The number of carbonyl (C=O) groups is 2. The number of H-pyrrole nitrogens is 1. The lowest BCUT2D eigenvalue weighted by atomic mass is 10.2. The summed E-state index contributed by atoms with van der Waals surface area (Å²) in [4.78, 5) is 26.6. The van der Waals surface area contributed by atoms with Crippen LogP contribution in [0.5, 0.6) is 0 Å². The highest BCUT2D eigenvalue weighted by Crippen LogP contribution is 2.19. The summed E-state index contributed by atoms with van der Waals surface area (Å²) >= 11 is 0. The van der Waals surface area contributed by atoms with Gasteiger partial charge in [0, 0.05) is 29.2 Å². The highest BCUT2D eigenvalue weighted by Gasteiger charge is 2.10. The van der Waals surface area contributed by atoms with Crippen LogP contribution in [0.1, 0.15) is 23.0 Å². The summed E-state index contributed by atoms with van der Waals surface area (Å²) in [6.07, 6.45) is 0. The number of carbonyl (C=O) groups excluding carboxylic acids is 2. The first kappa shape index (κ1) is 14.8. The minimum Gasteiger partial charge on any atom is -0.351 e. The van der Waals surface area contributed by atoms with Gasteiger partial charge in [0.25, 0.3) is 5.91 Å². The summed E-state index contributed by atoms with van der Waals surface area (Å²) in [5, 5.41) is 6.51. The zero-order chi connectivity index (χ0) is 16.4. The molecule has 3 N–H and O–H groups in total. The van der Waals surface area contributed by atoms with E-state index in [1.54, 1.807) is 24.3 Å². The van der Waals surface area contributed by atoms with Gasteiger partial charge in [-0.2, -0.15) is 0 Å². The van der Waals surface area contributed by atoms with Crippen LogP contribution in [-0.2, 0) is 4.79 Å². The third kappa shape index (κ3) is 3.40. The molecule has 5 heteroatoms. The van der Waals surface area contributed by atoms with E-state index in [9.17, 15) is 9.59 Å². The molecule has 0 aliphatic heterocycles. The van der Waals surface area contributed by atoms with Crippen molar-refractivity contribution in [3.63, 3.8) is 0 Å². The summed E-state index contributed by atoms with van der Waals surface area (Å²) in [7, 11) is 0. The van der Waals surface area contributed by atoms with E-state index in [2.05, 4.69) is 15.6 Å². The molecule has 0 aliphatic rings. The Labute approximate surface area is 133 Å². The first-order valence-electron chi connectivity index (χ1n) is 7.29. The van der Waals surface area contributed by atoms with Gasteiger partial charge >= 0.3 is 0 Å². The van der Waals surface area contributed by atoms with E-state index in [1.165, 1.54) is 6.92 Å². The predicted octanol–water partition coefficient (Wildman–Crippen LogP) is 3.69. The number of aryl methyl sites for hydroxylation is 1. The Kier molecular flexibility index (Phi) is 3.85. The second-order valence-electron chi connectivity index (χ2n) is 5.49. The van der Waals surface area contributed by atoms with Crippen molar-refractivity contribution in [3.05, 3.63) is 59.8 Å². The SMILES string of the molecule is CC(=O)Nc1cccc(NC(=O)c2cc3ccc(C)cc3[nH]2)c1. The molecular weight excluding hydrogens is 290 g/mol. The van der Waals surface area contributed by atoms with Gasteiger partial charge in [0.1, 0.15) is 5.69 Å². The van der Waals surface area contributed by atoms with Crippen LogP contribution in [0.15, 0.2) is 48.5 Å². The molecule has 0 bridgehead atoms. The molecule has 0 fully saturated rings. The van der Waals surface area contributed by atoms with Crippen LogP contribution in [0.3, 0.4) is 0 Å². The van der Waals surface area contributed by atoms with Gasteiger partial charge in [0.2, 0.25) is 5.91 Å². The number of hydrogen-bond donors (Lipinski definition) is 3. The van der Waals surface area contributed by atoms with Crippen LogP contribution >= 0.6 is 0 Å². The van der Waals surface area contributed by atoms with Crippen molar-refractivity contribution >= 4 is 34.1 Å². The van der Waals surface area contributed by atoms with E-state index >= 15 is 0 Å². The molecule has 0 saturated heterocycles. The molecule has 116 valence electrons. The largest absolute Gasteiger partial charge is 0.351 e. The van der Waals surface area contributed by atoms with Crippen molar-refractivity contribution < 1.29 is 9.59 Å². The second kappa shape index (κ2) is 5.96. The fourth-order valence-electron chi connectivity index (χ4n) is 2.44. The van der Waals surface area contributed by atoms with Crippen molar-refractivity contribution in [2.75, 3.05) is 10.6 Å². The molecule has 0 spiro atoms. The maximum Gasteiger partial charge on any atom is 0.272 e. The molecule has 0 atom stereocenters. The van der Waals surface area contributed by atoms with Gasteiger partial charge in [0.05, 0.1) is 0 Å². The molecule has 1 heterocycles. The minimum atomic E-state index is -0.223. The second-order valence-corrected chi connectivity index (χ2v) is 5.49. The standard InChI is InChI=1S/C18H17N3O2/c1-11-6-7-13-9-17(21-16(13)8-11)18(23)20-15-5-3-4-14(10-15)19-12(2)22/h3-10,21H,1-2H3,(H,19,22)(H,20,23). The molecule has 1 aromatic heterocycles. The Morgan fingerprint density at radius 2 is 1.70 bits per heavy atom. The number of aromatic nitrogens is 1. The number of rotatable bonds is 3. The van der Waals surface area contributed by atoms with E-state index in [0.717, 1.165) is 16.5 Å². The third-order valence-corrected chi connectivity index (χ3v) is 3.46. The summed E-state index contributed by atoms with van der Waals surface area (Å²) < 4.78 is 0. The zero-order valence-corrected chi connectivity index (χ0v) is 12.9. The first-order valence-corrected chi connectivity index (χ1v) is 7.29. The van der Waals surface area contributed by atoms with Crippen LogP contribution in [0.4, 0.5) is 11.4 Å². The van der Waals surface area contributed by atoms with Gasteiger partial charge in [-0.3, -0.25) is 9.59 Å². The number of amides is 2. The maximum absolute atomic E-state index is 12.4. The molecule has 2 aromatic carbocycles. The lowest BCUT2D eigenvalue weighted by Crippen LogP contribution is -2.12. The van der Waals surface area contributed by atoms with Crippen LogP contribution in [0, 0.1) is 6.92 Å². The Morgan fingerprint density at radius 3 is 2.43 bits per heavy atom. The summed E-state index contributed by atoms with van der Waals surface area (Å²) in [5.74, 6) is -0.377. The Morgan fingerprint density at radius 1 is 0.957 bits per heavy atom.